The van der Waals surface area contributed by atoms with Gasteiger partial charge < -0.3 is 15.1 Å². The fraction of sp³-hybridized carbons (Fsp3) is 0.722. The highest BCUT2D eigenvalue weighted by Gasteiger charge is 2.20. The minimum absolute atomic E-state index is 0. The van der Waals surface area contributed by atoms with Crippen LogP contribution in [0.2, 0.25) is 0 Å². The summed E-state index contributed by atoms with van der Waals surface area (Å²) in [5, 5.41) is 6.52. The zero-order chi connectivity index (χ0) is 19.6. The first-order valence-corrected chi connectivity index (χ1v) is 11.4. The summed E-state index contributed by atoms with van der Waals surface area (Å²) in [5.74, 6) is 1.75. The van der Waals surface area contributed by atoms with Crippen molar-refractivity contribution in [1.82, 2.24) is 15.5 Å². The Labute approximate surface area is 181 Å². The van der Waals surface area contributed by atoms with E-state index >= 15 is 0 Å². The number of guanidine groups is 1. The summed E-state index contributed by atoms with van der Waals surface area (Å²) >= 11 is 0. The highest BCUT2D eigenvalue weighted by Crippen LogP contribution is 2.21. The second-order valence-electron chi connectivity index (χ2n) is 6.44. The minimum Gasteiger partial charge on any atom is -0.468 e. The van der Waals surface area contributed by atoms with Crippen molar-refractivity contribution in [1.29, 1.82) is 0 Å². The normalized spacial score (nSPS) is 14.5. The Balaban J connectivity index is 0.00000676. The van der Waals surface area contributed by atoms with Crippen LogP contribution < -0.4 is 10.6 Å². The Hall–Kier alpha value is -0.810. The van der Waals surface area contributed by atoms with Gasteiger partial charge in [0.05, 0.1) is 24.6 Å². The molecule has 7 nitrogen and oxygen atoms in total. The highest BCUT2D eigenvalue weighted by molar-refractivity contribution is 14.0. The molecule has 0 aliphatic carbocycles. The van der Waals surface area contributed by atoms with Gasteiger partial charge in [0.25, 0.3) is 0 Å². The monoisotopic (exact) mass is 514 g/mol. The maximum Gasteiger partial charge on any atom is 0.191 e. The molecule has 2 N–H and O–H groups in total. The van der Waals surface area contributed by atoms with Crippen molar-refractivity contribution in [3.05, 3.63) is 24.2 Å². The van der Waals surface area contributed by atoms with Crippen LogP contribution in [0.1, 0.15) is 45.9 Å². The van der Waals surface area contributed by atoms with E-state index < -0.39 is 9.84 Å². The summed E-state index contributed by atoms with van der Waals surface area (Å²) in [6.45, 7) is 11.3. The molecule has 1 aromatic heterocycles. The minimum atomic E-state index is -2.96. The van der Waals surface area contributed by atoms with Gasteiger partial charge in [0, 0.05) is 18.8 Å². The average Bonchev–Trinajstić information content (AvgIpc) is 3.10. The molecule has 0 aromatic carbocycles. The van der Waals surface area contributed by atoms with Crippen molar-refractivity contribution in [2.75, 3.05) is 38.2 Å². The molecule has 0 aliphatic heterocycles. The third-order valence-corrected chi connectivity index (χ3v) is 5.17. The van der Waals surface area contributed by atoms with E-state index in [0.29, 0.717) is 18.9 Å². The van der Waals surface area contributed by atoms with Crippen LogP contribution in [0, 0.1) is 0 Å². The van der Waals surface area contributed by atoms with Crippen LogP contribution in [-0.2, 0) is 9.84 Å². The largest absolute Gasteiger partial charge is 0.468 e. The number of sulfone groups is 1. The molecule has 27 heavy (non-hydrogen) atoms. The molecule has 0 saturated heterocycles. The van der Waals surface area contributed by atoms with E-state index in [1.54, 1.807) is 6.26 Å². The molecule has 1 aromatic rings. The number of hydrogen-bond donors (Lipinski definition) is 2. The number of hydrogen-bond acceptors (Lipinski definition) is 5. The van der Waals surface area contributed by atoms with Gasteiger partial charge in [-0.3, -0.25) is 9.89 Å². The number of furan rings is 1. The third kappa shape index (κ3) is 10.3. The van der Waals surface area contributed by atoms with Crippen LogP contribution in [-0.4, -0.2) is 63.5 Å². The van der Waals surface area contributed by atoms with Gasteiger partial charge >= 0.3 is 0 Å². The highest BCUT2D eigenvalue weighted by atomic mass is 127. The molecule has 2 atom stereocenters. The van der Waals surface area contributed by atoms with Crippen LogP contribution in [0.5, 0.6) is 0 Å². The van der Waals surface area contributed by atoms with E-state index in [-0.39, 0.29) is 41.8 Å². The smallest absolute Gasteiger partial charge is 0.191 e. The van der Waals surface area contributed by atoms with E-state index in [4.69, 9.17) is 9.41 Å². The van der Waals surface area contributed by atoms with Gasteiger partial charge in [-0.05, 0) is 45.5 Å². The second kappa shape index (κ2) is 13.4. The number of likely N-dealkylation sites (N-methyl/N-ethyl adjacent to an activating group) is 1. The van der Waals surface area contributed by atoms with Crippen molar-refractivity contribution in [2.45, 2.75) is 46.2 Å². The van der Waals surface area contributed by atoms with Gasteiger partial charge in [-0.25, -0.2) is 8.42 Å². The standard InChI is InChI=1S/C18H34N4O3S.HI/c1-6-19-18(21-15(4)11-13-26(5,23)24)20-14-16(22(7-2)8-3)17-10-9-12-25-17;/h9-10,12,15-16H,6-8,11,13-14H2,1-5H3,(H2,19,20,21);1H. The van der Waals surface area contributed by atoms with Gasteiger partial charge in [-0.2, -0.15) is 0 Å². The first-order valence-electron chi connectivity index (χ1n) is 9.30. The first-order chi connectivity index (χ1) is 12.3. The number of aliphatic imine (C=N–C) groups is 1. The fourth-order valence-corrected chi connectivity index (χ4v) is 3.51. The molecule has 0 spiro atoms. The van der Waals surface area contributed by atoms with Crippen molar-refractivity contribution >= 4 is 39.8 Å². The lowest BCUT2D eigenvalue weighted by molar-refractivity contribution is 0.198. The molecule has 0 radical (unpaired) electrons. The molecule has 1 rings (SSSR count). The van der Waals surface area contributed by atoms with Crippen LogP contribution in [0.15, 0.2) is 27.8 Å². The molecule has 1 heterocycles. The lowest BCUT2D eigenvalue weighted by Crippen LogP contribution is -2.43. The number of nitrogens with zero attached hydrogens (tertiary/aromatic N) is 2. The van der Waals surface area contributed by atoms with Crippen molar-refractivity contribution in [2.24, 2.45) is 4.99 Å². The summed E-state index contributed by atoms with van der Waals surface area (Å²) < 4.78 is 28.3. The molecular weight excluding hydrogens is 479 g/mol. The SMILES string of the molecule is CCNC(=NCC(c1ccco1)N(CC)CC)NC(C)CCS(C)(=O)=O.I. The zero-order valence-corrected chi connectivity index (χ0v) is 20.2. The summed E-state index contributed by atoms with van der Waals surface area (Å²) in [5.41, 5.74) is 0. The van der Waals surface area contributed by atoms with Crippen molar-refractivity contribution < 1.29 is 12.8 Å². The Kier molecular flexibility index (Phi) is 13.0. The summed E-state index contributed by atoms with van der Waals surface area (Å²) in [6.07, 6.45) is 3.49. The molecule has 0 amide bonds. The summed E-state index contributed by atoms with van der Waals surface area (Å²) in [7, 11) is -2.96. The van der Waals surface area contributed by atoms with Crippen molar-refractivity contribution in [3.63, 3.8) is 0 Å². The van der Waals surface area contributed by atoms with Gasteiger partial charge in [-0.15, -0.1) is 24.0 Å². The first kappa shape index (κ1) is 26.2. The topological polar surface area (TPSA) is 86.9 Å². The van der Waals surface area contributed by atoms with Crippen LogP contribution in [0.3, 0.4) is 0 Å². The summed E-state index contributed by atoms with van der Waals surface area (Å²) in [6, 6.07) is 3.96. The zero-order valence-electron chi connectivity index (χ0n) is 17.1. The Morgan fingerprint density at radius 2 is 1.96 bits per heavy atom. The lowest BCUT2D eigenvalue weighted by atomic mass is 10.2. The fourth-order valence-electron chi connectivity index (χ4n) is 2.72. The quantitative estimate of drug-likeness (QED) is 0.268. The van der Waals surface area contributed by atoms with Crippen LogP contribution in [0.25, 0.3) is 0 Å². The van der Waals surface area contributed by atoms with E-state index in [2.05, 4.69) is 29.4 Å². The van der Waals surface area contributed by atoms with E-state index in [0.717, 1.165) is 25.4 Å². The molecule has 2 unspecified atom stereocenters. The number of rotatable bonds is 11. The molecule has 9 heteroatoms. The van der Waals surface area contributed by atoms with E-state index in [9.17, 15) is 8.42 Å². The van der Waals surface area contributed by atoms with Gasteiger partial charge in [-0.1, -0.05) is 13.8 Å². The second-order valence-corrected chi connectivity index (χ2v) is 8.70. The van der Waals surface area contributed by atoms with Crippen LogP contribution >= 0.6 is 24.0 Å². The Bertz CT molecular complexity index is 631. The molecular formula is C18H35IN4O3S. The number of halogens is 1. The van der Waals surface area contributed by atoms with Gasteiger partial charge in [0.2, 0.25) is 0 Å². The average molecular weight is 514 g/mol. The maximum atomic E-state index is 11.3. The van der Waals surface area contributed by atoms with Gasteiger partial charge in [0.1, 0.15) is 15.6 Å². The van der Waals surface area contributed by atoms with Crippen molar-refractivity contribution in [3.8, 4) is 0 Å². The predicted molar refractivity (Wildman–Crippen MR) is 123 cm³/mol. The predicted octanol–water partition coefficient (Wildman–Crippen LogP) is 2.66. The summed E-state index contributed by atoms with van der Waals surface area (Å²) in [4.78, 5) is 7.02. The third-order valence-electron chi connectivity index (χ3n) is 4.20. The Morgan fingerprint density at radius 3 is 2.44 bits per heavy atom. The number of nitrogens with one attached hydrogen (secondary N) is 2. The lowest BCUT2D eigenvalue weighted by Gasteiger charge is -2.27. The Morgan fingerprint density at radius 1 is 1.30 bits per heavy atom. The molecule has 0 saturated carbocycles. The molecule has 0 fully saturated rings. The van der Waals surface area contributed by atoms with E-state index in [1.807, 2.05) is 26.0 Å². The maximum absolute atomic E-state index is 11.3. The van der Waals surface area contributed by atoms with Gasteiger partial charge in [0.15, 0.2) is 5.96 Å². The van der Waals surface area contributed by atoms with E-state index in [1.165, 1.54) is 6.26 Å². The molecule has 0 bridgehead atoms. The molecule has 0 aliphatic rings. The van der Waals surface area contributed by atoms with Crippen LogP contribution in [0.4, 0.5) is 0 Å². The molecule has 158 valence electrons.